The van der Waals surface area contributed by atoms with E-state index in [9.17, 15) is 18.0 Å². The van der Waals surface area contributed by atoms with Gasteiger partial charge in [0, 0.05) is 31.7 Å². The van der Waals surface area contributed by atoms with Crippen molar-refractivity contribution >= 4 is 5.91 Å². The Kier molecular flexibility index (Phi) is 5.18. The van der Waals surface area contributed by atoms with E-state index in [1.807, 2.05) is 30.4 Å². The maximum atomic E-state index is 13.0. The number of amides is 1. The van der Waals surface area contributed by atoms with E-state index >= 15 is 0 Å². The molecule has 0 aromatic heterocycles. The highest BCUT2D eigenvalue weighted by molar-refractivity contribution is 5.82. The van der Waals surface area contributed by atoms with Crippen LogP contribution in [0.4, 0.5) is 13.2 Å². The summed E-state index contributed by atoms with van der Waals surface area (Å²) in [6.07, 6.45) is 1.17. The van der Waals surface area contributed by atoms with Crippen LogP contribution >= 0.6 is 0 Å². The van der Waals surface area contributed by atoms with Crippen LogP contribution < -0.4 is 0 Å². The van der Waals surface area contributed by atoms with Crippen molar-refractivity contribution in [3.05, 3.63) is 48.0 Å². The maximum Gasteiger partial charge on any atom is 0.471 e. The van der Waals surface area contributed by atoms with E-state index in [1.165, 1.54) is 5.56 Å². The molecule has 25 heavy (non-hydrogen) atoms. The number of hydrogen-bond donors (Lipinski definition) is 0. The number of alkyl halides is 3. The molecule has 2 heterocycles. The summed E-state index contributed by atoms with van der Waals surface area (Å²) in [5.41, 5.74) is 0.495. The molecule has 2 aliphatic rings. The van der Waals surface area contributed by atoms with E-state index in [2.05, 4.69) is 17.0 Å². The quantitative estimate of drug-likeness (QED) is 0.757. The summed E-state index contributed by atoms with van der Waals surface area (Å²) in [5, 5.41) is 0. The molecule has 3 nitrogen and oxygen atoms in total. The lowest BCUT2D eigenvalue weighted by molar-refractivity contribution is -0.193. The van der Waals surface area contributed by atoms with Gasteiger partial charge in [0.15, 0.2) is 0 Å². The molecule has 1 spiro atoms. The molecular formula is C19H23F3N2O. The molecule has 0 bridgehead atoms. The van der Waals surface area contributed by atoms with Gasteiger partial charge < -0.3 is 4.90 Å². The van der Waals surface area contributed by atoms with Gasteiger partial charge in [-0.25, -0.2) is 0 Å². The Balaban J connectivity index is 1.71. The van der Waals surface area contributed by atoms with Crippen LogP contribution in [-0.4, -0.2) is 47.1 Å². The van der Waals surface area contributed by atoms with Crippen LogP contribution in [0.15, 0.2) is 42.5 Å². The van der Waals surface area contributed by atoms with Crippen LogP contribution in [0.2, 0.25) is 0 Å². The van der Waals surface area contributed by atoms with Crippen molar-refractivity contribution in [2.45, 2.75) is 43.9 Å². The highest BCUT2D eigenvalue weighted by Gasteiger charge is 2.50. The molecule has 1 aromatic carbocycles. The molecule has 1 fully saturated rings. The van der Waals surface area contributed by atoms with E-state index in [4.69, 9.17) is 0 Å². The lowest BCUT2D eigenvalue weighted by atomic mass is 9.82. The average molecular weight is 352 g/mol. The molecule has 0 unspecified atom stereocenters. The minimum absolute atomic E-state index is 0.146. The van der Waals surface area contributed by atoms with Crippen molar-refractivity contribution in [2.75, 3.05) is 19.6 Å². The normalized spacial score (nSPS) is 21.3. The zero-order chi connectivity index (χ0) is 17.9. The Labute approximate surface area is 146 Å². The number of piperidine rings is 1. The van der Waals surface area contributed by atoms with Gasteiger partial charge in [-0.05, 0) is 31.2 Å². The molecule has 1 amide bonds. The topological polar surface area (TPSA) is 23.6 Å². The average Bonchev–Trinajstić information content (AvgIpc) is 2.79. The van der Waals surface area contributed by atoms with Gasteiger partial charge in [0.25, 0.3) is 0 Å². The first kappa shape index (κ1) is 18.0. The van der Waals surface area contributed by atoms with Gasteiger partial charge in [-0.2, -0.15) is 13.2 Å². The molecule has 1 saturated heterocycles. The molecule has 6 heteroatoms. The van der Waals surface area contributed by atoms with Crippen molar-refractivity contribution in [2.24, 2.45) is 0 Å². The SMILES string of the molecule is O=C(N1CCC=CCC12CCN(Cc1ccccc1)CC2)C(F)(F)F. The summed E-state index contributed by atoms with van der Waals surface area (Å²) in [7, 11) is 0. The molecule has 2 aliphatic heterocycles. The number of likely N-dealkylation sites (tertiary alicyclic amines) is 1. The Bertz CT molecular complexity index is 619. The fourth-order valence-electron chi connectivity index (χ4n) is 3.88. The van der Waals surface area contributed by atoms with Gasteiger partial charge in [-0.3, -0.25) is 9.69 Å². The lowest BCUT2D eigenvalue weighted by Crippen LogP contribution is -2.59. The summed E-state index contributed by atoms with van der Waals surface area (Å²) >= 11 is 0. The maximum absolute atomic E-state index is 13.0. The minimum Gasteiger partial charge on any atom is -0.328 e. The number of benzene rings is 1. The molecule has 0 radical (unpaired) electrons. The molecule has 1 aromatic rings. The summed E-state index contributed by atoms with van der Waals surface area (Å²) < 4.78 is 39.1. The highest BCUT2D eigenvalue weighted by Crippen LogP contribution is 2.37. The van der Waals surface area contributed by atoms with E-state index in [0.717, 1.165) is 11.4 Å². The second-order valence-corrected chi connectivity index (χ2v) is 6.90. The third-order valence-corrected chi connectivity index (χ3v) is 5.28. The second-order valence-electron chi connectivity index (χ2n) is 6.90. The number of halogens is 3. The fourth-order valence-corrected chi connectivity index (χ4v) is 3.88. The molecule has 0 aliphatic carbocycles. The number of carbonyl (C=O) groups is 1. The summed E-state index contributed by atoms with van der Waals surface area (Å²) in [5.74, 6) is -1.69. The number of hydrogen-bond acceptors (Lipinski definition) is 2. The molecule has 0 atom stereocenters. The van der Waals surface area contributed by atoms with Gasteiger partial charge in [-0.15, -0.1) is 0 Å². The van der Waals surface area contributed by atoms with Gasteiger partial charge >= 0.3 is 12.1 Å². The van der Waals surface area contributed by atoms with Gasteiger partial charge in [0.05, 0.1) is 0 Å². The summed E-state index contributed by atoms with van der Waals surface area (Å²) in [6.45, 7) is 2.34. The third-order valence-electron chi connectivity index (χ3n) is 5.28. The van der Waals surface area contributed by atoms with Crippen molar-refractivity contribution < 1.29 is 18.0 Å². The van der Waals surface area contributed by atoms with Crippen LogP contribution in [0.25, 0.3) is 0 Å². The molecule has 136 valence electrons. The first-order chi connectivity index (χ1) is 11.9. The number of rotatable bonds is 2. The lowest BCUT2D eigenvalue weighted by Gasteiger charge is -2.48. The minimum atomic E-state index is -4.81. The Morgan fingerprint density at radius 1 is 1.04 bits per heavy atom. The fraction of sp³-hybridized carbons (Fsp3) is 0.526. The zero-order valence-corrected chi connectivity index (χ0v) is 14.1. The predicted molar refractivity (Wildman–Crippen MR) is 89.8 cm³/mol. The van der Waals surface area contributed by atoms with Crippen LogP contribution in [-0.2, 0) is 11.3 Å². The first-order valence-corrected chi connectivity index (χ1v) is 8.71. The smallest absolute Gasteiger partial charge is 0.328 e. The predicted octanol–water partition coefficient (Wildman–Crippen LogP) is 3.76. The van der Waals surface area contributed by atoms with Crippen molar-refractivity contribution in [1.82, 2.24) is 9.80 Å². The van der Waals surface area contributed by atoms with E-state index in [-0.39, 0.29) is 6.54 Å². The summed E-state index contributed by atoms with van der Waals surface area (Å²) in [4.78, 5) is 15.3. The van der Waals surface area contributed by atoms with Crippen molar-refractivity contribution in [3.63, 3.8) is 0 Å². The van der Waals surface area contributed by atoms with Gasteiger partial charge in [0.2, 0.25) is 0 Å². The zero-order valence-electron chi connectivity index (χ0n) is 14.1. The van der Waals surface area contributed by atoms with E-state index in [1.54, 1.807) is 0 Å². The van der Waals surface area contributed by atoms with Crippen LogP contribution in [0.5, 0.6) is 0 Å². The van der Waals surface area contributed by atoms with E-state index in [0.29, 0.717) is 38.8 Å². The Morgan fingerprint density at radius 2 is 1.72 bits per heavy atom. The Hall–Kier alpha value is -1.82. The third kappa shape index (κ3) is 4.06. The van der Waals surface area contributed by atoms with E-state index < -0.39 is 17.6 Å². The molecular weight excluding hydrogens is 329 g/mol. The second kappa shape index (κ2) is 7.20. The standard InChI is InChI=1S/C19H23F3N2O/c20-19(21,22)17(25)24-12-6-2-5-9-18(24)10-13-23(14-11-18)15-16-7-3-1-4-8-16/h1-5,7-8H,6,9-15H2. The molecule has 0 saturated carbocycles. The molecule has 3 rings (SSSR count). The van der Waals surface area contributed by atoms with Crippen LogP contribution in [0, 0.1) is 0 Å². The Morgan fingerprint density at radius 3 is 2.36 bits per heavy atom. The highest BCUT2D eigenvalue weighted by atomic mass is 19.4. The van der Waals surface area contributed by atoms with Crippen LogP contribution in [0.3, 0.4) is 0 Å². The summed E-state index contributed by atoms with van der Waals surface area (Å²) in [6, 6.07) is 10.0. The number of nitrogens with zero attached hydrogens (tertiary/aromatic N) is 2. The van der Waals surface area contributed by atoms with Gasteiger partial charge in [-0.1, -0.05) is 42.5 Å². The largest absolute Gasteiger partial charge is 0.471 e. The van der Waals surface area contributed by atoms with Crippen molar-refractivity contribution in [1.29, 1.82) is 0 Å². The van der Waals surface area contributed by atoms with Gasteiger partial charge in [0.1, 0.15) is 0 Å². The monoisotopic (exact) mass is 352 g/mol. The molecule has 0 N–H and O–H groups in total. The first-order valence-electron chi connectivity index (χ1n) is 8.71. The van der Waals surface area contributed by atoms with Crippen LogP contribution in [0.1, 0.15) is 31.2 Å². The number of carbonyl (C=O) groups excluding carboxylic acids is 1. The van der Waals surface area contributed by atoms with Crippen molar-refractivity contribution in [3.8, 4) is 0 Å².